The molecule has 2 rings (SSSR count). The Morgan fingerprint density at radius 2 is 1.94 bits per heavy atom. The minimum atomic E-state index is 0.0364. The van der Waals surface area contributed by atoms with E-state index in [2.05, 4.69) is 15.3 Å². The fourth-order valence-electron chi connectivity index (χ4n) is 2.34. The van der Waals surface area contributed by atoms with E-state index in [-0.39, 0.29) is 5.91 Å². The largest absolute Gasteiger partial charge is 0.308 e. The Kier molecular flexibility index (Phi) is 4.75. The first-order valence-electron chi connectivity index (χ1n) is 6.76. The van der Waals surface area contributed by atoms with E-state index >= 15 is 0 Å². The highest BCUT2D eigenvalue weighted by atomic mass is 16.2. The highest BCUT2D eigenvalue weighted by molar-refractivity contribution is 5.91. The smallest absolute Gasteiger partial charge is 0.239 e. The van der Waals surface area contributed by atoms with Crippen LogP contribution in [-0.2, 0) is 11.8 Å². The normalized spacial score (nSPS) is 18.1. The lowest BCUT2D eigenvalue weighted by Crippen LogP contribution is -2.35. The van der Waals surface area contributed by atoms with Crippen molar-refractivity contribution in [2.24, 2.45) is 7.05 Å². The Bertz CT molecular complexity index is 380. The molecule has 5 nitrogen and oxygen atoms in total. The van der Waals surface area contributed by atoms with Gasteiger partial charge >= 0.3 is 0 Å². The van der Waals surface area contributed by atoms with Crippen LogP contribution in [0.2, 0.25) is 0 Å². The fourth-order valence-corrected chi connectivity index (χ4v) is 2.34. The Morgan fingerprint density at radius 1 is 1.28 bits per heavy atom. The minimum Gasteiger partial charge on any atom is -0.308 e. The number of rotatable bonds is 3. The van der Waals surface area contributed by atoms with Gasteiger partial charge < -0.3 is 5.32 Å². The van der Waals surface area contributed by atoms with E-state index in [9.17, 15) is 4.79 Å². The number of carbonyl (C=O) groups is 1. The Morgan fingerprint density at radius 3 is 2.56 bits per heavy atom. The van der Waals surface area contributed by atoms with E-state index in [4.69, 9.17) is 0 Å². The maximum Gasteiger partial charge on any atom is 0.239 e. The van der Waals surface area contributed by atoms with Gasteiger partial charge in [0.25, 0.3) is 0 Å². The summed E-state index contributed by atoms with van der Waals surface area (Å²) in [6, 6.07) is 1.81. The Labute approximate surface area is 108 Å². The molecule has 0 aliphatic carbocycles. The van der Waals surface area contributed by atoms with Gasteiger partial charge in [-0.05, 0) is 25.9 Å². The lowest BCUT2D eigenvalue weighted by Gasteiger charge is -2.23. The number of amides is 1. The molecule has 100 valence electrons. The van der Waals surface area contributed by atoms with Gasteiger partial charge in [0.05, 0.1) is 6.54 Å². The molecule has 0 unspecified atom stereocenters. The van der Waals surface area contributed by atoms with E-state index < -0.39 is 0 Å². The number of nitrogens with one attached hydrogen (secondary N) is 1. The van der Waals surface area contributed by atoms with Crippen molar-refractivity contribution in [2.45, 2.75) is 32.1 Å². The van der Waals surface area contributed by atoms with Crippen LogP contribution >= 0.6 is 0 Å². The molecule has 18 heavy (non-hydrogen) atoms. The zero-order valence-corrected chi connectivity index (χ0v) is 11.1. The molecular weight excluding hydrogens is 228 g/mol. The first-order chi connectivity index (χ1) is 8.74. The van der Waals surface area contributed by atoms with Gasteiger partial charge in [-0.2, -0.15) is 5.10 Å². The van der Waals surface area contributed by atoms with Gasteiger partial charge in [0.2, 0.25) is 5.91 Å². The van der Waals surface area contributed by atoms with Gasteiger partial charge in [-0.1, -0.05) is 19.3 Å². The number of aryl methyl sites for hydroxylation is 1. The monoisotopic (exact) mass is 250 g/mol. The second kappa shape index (κ2) is 6.54. The molecule has 1 aromatic heterocycles. The van der Waals surface area contributed by atoms with Crippen molar-refractivity contribution in [3.63, 3.8) is 0 Å². The maximum atomic E-state index is 11.9. The van der Waals surface area contributed by atoms with Gasteiger partial charge in [0.15, 0.2) is 5.82 Å². The predicted molar refractivity (Wildman–Crippen MR) is 71.4 cm³/mol. The third-order valence-corrected chi connectivity index (χ3v) is 3.30. The maximum absolute atomic E-state index is 11.9. The summed E-state index contributed by atoms with van der Waals surface area (Å²) in [6.07, 6.45) is 8.16. The molecule has 0 radical (unpaired) electrons. The molecule has 1 N–H and O–H groups in total. The number of nitrogens with zero attached hydrogens (tertiary/aromatic N) is 3. The molecule has 0 aromatic carbocycles. The number of anilines is 1. The molecule has 1 fully saturated rings. The van der Waals surface area contributed by atoms with Crippen LogP contribution in [0, 0.1) is 0 Å². The summed E-state index contributed by atoms with van der Waals surface area (Å²) in [5.74, 6) is 0.670. The minimum absolute atomic E-state index is 0.0364. The molecule has 0 bridgehead atoms. The SMILES string of the molecule is Cn1ccc(NC(=O)CN2CCCCCCC2)n1. The molecule has 1 saturated heterocycles. The van der Waals surface area contributed by atoms with Crippen molar-refractivity contribution in [3.8, 4) is 0 Å². The van der Waals surface area contributed by atoms with Crippen LogP contribution < -0.4 is 5.32 Å². The fraction of sp³-hybridized carbons (Fsp3) is 0.692. The van der Waals surface area contributed by atoms with Gasteiger partial charge in [-0.3, -0.25) is 14.4 Å². The Hall–Kier alpha value is -1.36. The van der Waals surface area contributed by atoms with Crippen LogP contribution in [0.3, 0.4) is 0 Å². The van der Waals surface area contributed by atoms with Gasteiger partial charge in [-0.25, -0.2) is 0 Å². The zero-order chi connectivity index (χ0) is 12.8. The first kappa shape index (κ1) is 13.1. The molecule has 0 atom stereocenters. The van der Waals surface area contributed by atoms with Crippen molar-refractivity contribution >= 4 is 11.7 Å². The highest BCUT2D eigenvalue weighted by Crippen LogP contribution is 2.10. The second-order valence-electron chi connectivity index (χ2n) is 4.97. The van der Waals surface area contributed by atoms with E-state index in [1.165, 1.54) is 32.1 Å². The predicted octanol–water partition coefficient (Wildman–Crippen LogP) is 1.62. The van der Waals surface area contributed by atoms with Crippen molar-refractivity contribution in [3.05, 3.63) is 12.3 Å². The number of likely N-dealkylation sites (tertiary alicyclic amines) is 1. The van der Waals surface area contributed by atoms with Gasteiger partial charge in [-0.15, -0.1) is 0 Å². The highest BCUT2D eigenvalue weighted by Gasteiger charge is 2.12. The molecule has 5 heteroatoms. The van der Waals surface area contributed by atoms with Crippen LogP contribution in [0.25, 0.3) is 0 Å². The summed E-state index contributed by atoms with van der Waals surface area (Å²) in [4.78, 5) is 14.1. The lowest BCUT2D eigenvalue weighted by atomic mass is 10.1. The summed E-state index contributed by atoms with van der Waals surface area (Å²) in [6.45, 7) is 2.56. The standard InChI is InChI=1S/C13H22N4O/c1-16-10-7-12(15-16)14-13(18)11-17-8-5-3-2-4-6-9-17/h7,10H,2-6,8-9,11H2,1H3,(H,14,15,18). The molecule has 0 spiro atoms. The average molecular weight is 250 g/mol. The van der Waals surface area contributed by atoms with Crippen LogP contribution in [0.5, 0.6) is 0 Å². The molecule has 1 aliphatic rings. The van der Waals surface area contributed by atoms with Crippen LogP contribution in [0.15, 0.2) is 12.3 Å². The number of aromatic nitrogens is 2. The van der Waals surface area contributed by atoms with Gasteiger partial charge in [0, 0.05) is 19.3 Å². The molecule has 0 saturated carbocycles. The lowest BCUT2D eigenvalue weighted by molar-refractivity contribution is -0.117. The number of hydrogen-bond donors (Lipinski definition) is 1. The zero-order valence-electron chi connectivity index (χ0n) is 11.1. The molecule has 1 aliphatic heterocycles. The van der Waals surface area contributed by atoms with Crippen molar-refractivity contribution in [2.75, 3.05) is 25.0 Å². The quantitative estimate of drug-likeness (QED) is 0.887. The van der Waals surface area contributed by atoms with E-state index in [0.717, 1.165) is 13.1 Å². The molecule has 1 aromatic rings. The van der Waals surface area contributed by atoms with Crippen molar-refractivity contribution < 1.29 is 4.79 Å². The van der Waals surface area contributed by atoms with Crippen molar-refractivity contribution in [1.29, 1.82) is 0 Å². The topological polar surface area (TPSA) is 50.2 Å². The second-order valence-corrected chi connectivity index (χ2v) is 4.97. The van der Waals surface area contributed by atoms with E-state index in [0.29, 0.717) is 12.4 Å². The van der Waals surface area contributed by atoms with Crippen LogP contribution in [-0.4, -0.2) is 40.2 Å². The third kappa shape index (κ3) is 4.14. The van der Waals surface area contributed by atoms with Crippen LogP contribution in [0.4, 0.5) is 5.82 Å². The number of carbonyl (C=O) groups excluding carboxylic acids is 1. The first-order valence-corrected chi connectivity index (χ1v) is 6.76. The average Bonchev–Trinajstić information content (AvgIpc) is 2.67. The van der Waals surface area contributed by atoms with Gasteiger partial charge in [0.1, 0.15) is 0 Å². The summed E-state index contributed by atoms with van der Waals surface area (Å²) in [5.41, 5.74) is 0. The molecule has 1 amide bonds. The van der Waals surface area contributed by atoms with E-state index in [1.807, 2.05) is 19.3 Å². The van der Waals surface area contributed by atoms with Crippen LogP contribution in [0.1, 0.15) is 32.1 Å². The molecular formula is C13H22N4O. The summed E-state index contributed by atoms with van der Waals surface area (Å²) >= 11 is 0. The number of hydrogen-bond acceptors (Lipinski definition) is 3. The Balaban J connectivity index is 1.78. The van der Waals surface area contributed by atoms with E-state index in [1.54, 1.807) is 4.68 Å². The summed E-state index contributed by atoms with van der Waals surface area (Å²) in [5, 5.41) is 6.98. The summed E-state index contributed by atoms with van der Waals surface area (Å²) < 4.78 is 1.69. The third-order valence-electron chi connectivity index (χ3n) is 3.30. The molecule has 2 heterocycles. The summed E-state index contributed by atoms with van der Waals surface area (Å²) in [7, 11) is 1.84. The van der Waals surface area contributed by atoms with Crippen molar-refractivity contribution in [1.82, 2.24) is 14.7 Å².